The molecule has 2 atom stereocenters. The molecule has 2 heterocycles. The minimum absolute atomic E-state index is 0.0107. The Morgan fingerprint density at radius 3 is 2.67 bits per heavy atom. The summed E-state index contributed by atoms with van der Waals surface area (Å²) in [7, 11) is -2.30. The fourth-order valence-electron chi connectivity index (χ4n) is 3.91. The third kappa shape index (κ3) is 3.56. The van der Waals surface area contributed by atoms with Crippen LogP contribution in [-0.4, -0.2) is 48.8 Å². The predicted octanol–water partition coefficient (Wildman–Crippen LogP) is 2.90. The number of carbonyl (C=O) groups is 2. The molecule has 4 rings (SSSR count). The summed E-state index contributed by atoms with van der Waals surface area (Å²) in [5.74, 6) is 0.221. The Bertz CT molecular complexity index is 1090. The lowest BCUT2D eigenvalue weighted by Gasteiger charge is -2.29. The van der Waals surface area contributed by atoms with Crippen molar-refractivity contribution in [2.24, 2.45) is 0 Å². The number of rotatable bonds is 5. The highest BCUT2D eigenvalue weighted by Crippen LogP contribution is 2.47. The van der Waals surface area contributed by atoms with Crippen LogP contribution >= 0.6 is 11.8 Å². The molecule has 0 spiro atoms. The van der Waals surface area contributed by atoms with Gasteiger partial charge in [-0.25, -0.2) is 8.42 Å². The van der Waals surface area contributed by atoms with Gasteiger partial charge in [0, 0.05) is 24.9 Å². The average Bonchev–Trinajstić information content (AvgIpc) is 3.24. The first-order valence-corrected chi connectivity index (χ1v) is 12.1. The molecule has 9 heteroatoms. The number of nitrogens with zero attached hydrogens (tertiary/aromatic N) is 2. The maximum atomic E-state index is 13.0. The number of sulfonamides is 1. The zero-order valence-electron chi connectivity index (χ0n) is 16.7. The van der Waals surface area contributed by atoms with Crippen LogP contribution in [-0.2, 0) is 19.6 Å². The molecule has 2 aliphatic rings. The molecule has 0 aromatic heterocycles. The summed E-state index contributed by atoms with van der Waals surface area (Å²) in [6, 6.07) is 14.4. The van der Waals surface area contributed by atoms with Gasteiger partial charge in [0.05, 0.1) is 15.5 Å². The van der Waals surface area contributed by atoms with E-state index in [4.69, 9.17) is 0 Å². The fourth-order valence-corrected chi connectivity index (χ4v) is 6.58. The maximum Gasteiger partial charge on any atom is 0.264 e. The lowest BCUT2D eigenvalue weighted by Crippen LogP contribution is -2.48. The topological polar surface area (TPSA) is 86.8 Å². The van der Waals surface area contributed by atoms with Gasteiger partial charge in [0.25, 0.3) is 10.0 Å². The van der Waals surface area contributed by atoms with Crippen LogP contribution in [0.4, 0.5) is 11.4 Å². The minimum atomic E-state index is -3.79. The van der Waals surface area contributed by atoms with Gasteiger partial charge >= 0.3 is 0 Å². The van der Waals surface area contributed by atoms with Gasteiger partial charge in [0.1, 0.15) is 6.04 Å². The first-order chi connectivity index (χ1) is 14.2. The van der Waals surface area contributed by atoms with Crippen molar-refractivity contribution in [3.63, 3.8) is 0 Å². The van der Waals surface area contributed by atoms with Crippen LogP contribution in [0.15, 0.2) is 59.5 Å². The number of fused-ring (bicyclic) bond motifs is 1. The molecule has 2 saturated heterocycles. The lowest BCUT2D eigenvalue weighted by atomic mass is 10.2. The van der Waals surface area contributed by atoms with Crippen molar-refractivity contribution in [1.29, 1.82) is 0 Å². The van der Waals surface area contributed by atoms with E-state index >= 15 is 0 Å². The van der Waals surface area contributed by atoms with Crippen molar-refractivity contribution in [2.45, 2.75) is 35.6 Å². The molecule has 0 saturated carbocycles. The normalized spacial score (nSPS) is 23.3. The Labute approximate surface area is 180 Å². The lowest BCUT2D eigenvalue weighted by molar-refractivity contribution is -0.135. The number of nitrogens with one attached hydrogen (secondary N) is 1. The first kappa shape index (κ1) is 20.7. The molecule has 7 nitrogen and oxygen atoms in total. The van der Waals surface area contributed by atoms with Gasteiger partial charge in [-0.05, 0) is 43.7 Å². The van der Waals surface area contributed by atoms with Crippen LogP contribution in [0.25, 0.3) is 0 Å². The number of amides is 2. The van der Waals surface area contributed by atoms with Crippen molar-refractivity contribution >= 4 is 45.0 Å². The number of hydrogen-bond donors (Lipinski definition) is 1. The Balaban J connectivity index is 1.54. The molecule has 158 valence electrons. The monoisotopic (exact) mass is 445 g/mol. The Kier molecular flexibility index (Phi) is 5.27. The largest absolute Gasteiger partial charge is 0.324 e. The highest BCUT2D eigenvalue weighted by Gasteiger charge is 2.52. The Morgan fingerprint density at radius 1 is 1.20 bits per heavy atom. The molecule has 2 unspecified atom stereocenters. The van der Waals surface area contributed by atoms with Gasteiger partial charge in [0.2, 0.25) is 11.8 Å². The van der Waals surface area contributed by atoms with Gasteiger partial charge in [-0.3, -0.25) is 13.9 Å². The van der Waals surface area contributed by atoms with Gasteiger partial charge in [-0.15, -0.1) is 11.8 Å². The molecular formula is C21H23N3O4S2. The molecule has 30 heavy (non-hydrogen) atoms. The predicted molar refractivity (Wildman–Crippen MR) is 118 cm³/mol. The molecule has 2 fully saturated rings. The number of thioether (sulfide) groups is 1. The number of carbonyl (C=O) groups excluding carboxylic acids is 2. The third-order valence-electron chi connectivity index (χ3n) is 5.63. The van der Waals surface area contributed by atoms with Crippen LogP contribution in [0, 0.1) is 0 Å². The SMILES string of the molecule is CN(c1ccccc1)S(=O)(=O)c1cccc(NC(=O)C2CSC3(C)CCC(=O)N23)c1. The van der Waals surface area contributed by atoms with Gasteiger partial charge < -0.3 is 10.2 Å². The second-order valence-electron chi connectivity index (χ2n) is 7.59. The number of hydrogen-bond acceptors (Lipinski definition) is 5. The second-order valence-corrected chi connectivity index (χ2v) is 11.1. The summed E-state index contributed by atoms with van der Waals surface area (Å²) in [6.07, 6.45) is 1.19. The Morgan fingerprint density at radius 2 is 1.93 bits per heavy atom. The smallest absolute Gasteiger partial charge is 0.264 e. The van der Waals surface area contributed by atoms with E-state index in [1.807, 2.05) is 13.0 Å². The molecule has 1 N–H and O–H groups in total. The molecule has 2 aromatic carbocycles. The summed E-state index contributed by atoms with van der Waals surface area (Å²) < 4.78 is 27.2. The fraction of sp³-hybridized carbons (Fsp3) is 0.333. The average molecular weight is 446 g/mol. The van der Waals surface area contributed by atoms with E-state index in [1.165, 1.54) is 23.5 Å². The van der Waals surface area contributed by atoms with Crippen molar-refractivity contribution in [3.8, 4) is 0 Å². The molecule has 0 bridgehead atoms. The van der Waals surface area contributed by atoms with E-state index < -0.39 is 16.1 Å². The van der Waals surface area contributed by atoms with Crippen molar-refractivity contribution in [1.82, 2.24) is 4.90 Å². The van der Waals surface area contributed by atoms with Gasteiger partial charge in [-0.2, -0.15) is 0 Å². The molecule has 2 amide bonds. The minimum Gasteiger partial charge on any atom is -0.324 e. The zero-order valence-corrected chi connectivity index (χ0v) is 18.4. The molecule has 0 aliphatic carbocycles. The van der Waals surface area contributed by atoms with E-state index in [9.17, 15) is 18.0 Å². The third-order valence-corrected chi connectivity index (χ3v) is 8.91. The summed E-state index contributed by atoms with van der Waals surface area (Å²) in [5.41, 5.74) is 0.925. The van der Waals surface area contributed by atoms with Crippen molar-refractivity contribution < 1.29 is 18.0 Å². The standard InChI is InChI=1S/C21H23N3O4S2/c1-21-12-11-19(25)24(21)18(14-29-21)20(26)22-15-7-6-10-17(13-15)30(27,28)23(2)16-8-4-3-5-9-16/h3-10,13,18H,11-12,14H2,1-2H3,(H,22,26). The molecular weight excluding hydrogens is 422 g/mol. The molecule has 2 aliphatic heterocycles. The van der Waals surface area contributed by atoms with Crippen LogP contribution in [0.5, 0.6) is 0 Å². The van der Waals surface area contributed by atoms with E-state index in [2.05, 4.69) is 5.32 Å². The van der Waals surface area contributed by atoms with Crippen LogP contribution in [0.3, 0.4) is 0 Å². The highest BCUT2D eigenvalue weighted by atomic mass is 32.2. The highest BCUT2D eigenvalue weighted by molar-refractivity contribution is 8.01. The summed E-state index contributed by atoms with van der Waals surface area (Å²) >= 11 is 1.62. The van der Waals surface area contributed by atoms with Crippen LogP contribution in [0.2, 0.25) is 0 Å². The van der Waals surface area contributed by atoms with Crippen molar-refractivity contribution in [2.75, 3.05) is 22.4 Å². The molecule has 0 radical (unpaired) electrons. The number of para-hydroxylation sites is 1. The van der Waals surface area contributed by atoms with E-state index in [-0.39, 0.29) is 21.6 Å². The number of anilines is 2. The van der Waals surface area contributed by atoms with Gasteiger partial charge in [0.15, 0.2) is 0 Å². The van der Waals surface area contributed by atoms with Gasteiger partial charge in [-0.1, -0.05) is 24.3 Å². The zero-order chi connectivity index (χ0) is 21.5. The van der Waals surface area contributed by atoms with Crippen molar-refractivity contribution in [3.05, 3.63) is 54.6 Å². The summed E-state index contributed by atoms with van der Waals surface area (Å²) in [6.45, 7) is 1.99. The van der Waals surface area contributed by atoms with E-state index in [0.29, 0.717) is 23.5 Å². The van der Waals surface area contributed by atoms with E-state index in [0.717, 1.165) is 6.42 Å². The molecule has 2 aromatic rings. The quantitative estimate of drug-likeness (QED) is 0.765. The first-order valence-electron chi connectivity index (χ1n) is 9.63. The van der Waals surface area contributed by atoms with E-state index in [1.54, 1.807) is 53.1 Å². The maximum absolute atomic E-state index is 13.0. The number of benzene rings is 2. The van der Waals surface area contributed by atoms with Crippen LogP contribution in [0.1, 0.15) is 19.8 Å². The second kappa shape index (κ2) is 7.63. The summed E-state index contributed by atoms with van der Waals surface area (Å²) in [4.78, 5) is 26.6. The summed E-state index contributed by atoms with van der Waals surface area (Å²) in [5, 5.41) is 2.80. The Hall–Kier alpha value is -2.52. The van der Waals surface area contributed by atoms with Crippen LogP contribution < -0.4 is 9.62 Å².